The second-order valence-corrected chi connectivity index (χ2v) is 5.04. The van der Waals surface area contributed by atoms with Gasteiger partial charge in [-0.3, -0.25) is 0 Å². The van der Waals surface area contributed by atoms with Gasteiger partial charge in [0.05, 0.1) is 0 Å². The van der Waals surface area contributed by atoms with Crippen LogP contribution < -0.4 is 0 Å². The molecule has 0 saturated carbocycles. The molecule has 1 heterocycles. The maximum Gasteiger partial charge on any atom is 0.139 e. The van der Waals surface area contributed by atoms with E-state index in [2.05, 4.69) is 23.8 Å². The lowest BCUT2D eigenvalue weighted by Gasteiger charge is -2.24. The summed E-state index contributed by atoms with van der Waals surface area (Å²) in [4.78, 5) is 7.65. The zero-order valence-corrected chi connectivity index (χ0v) is 11.4. The van der Waals surface area contributed by atoms with Crippen molar-refractivity contribution in [3.05, 3.63) is 22.2 Å². The summed E-state index contributed by atoms with van der Waals surface area (Å²) in [5, 5.41) is 0. The average molecular weight is 240 g/mol. The molecule has 1 N–H and O–H groups in total. The summed E-state index contributed by atoms with van der Waals surface area (Å²) in [7, 11) is 0. The van der Waals surface area contributed by atoms with Gasteiger partial charge in [0.2, 0.25) is 0 Å². The molecule has 0 spiro atoms. The van der Waals surface area contributed by atoms with Gasteiger partial charge in [0.25, 0.3) is 0 Å². The van der Waals surface area contributed by atoms with E-state index in [0.717, 1.165) is 11.5 Å². The van der Waals surface area contributed by atoms with E-state index in [1.165, 1.54) is 0 Å². The van der Waals surface area contributed by atoms with Crippen LogP contribution in [0, 0.1) is 4.64 Å². The van der Waals surface area contributed by atoms with Crippen molar-refractivity contribution in [3.8, 4) is 0 Å². The SMILES string of the molecule is CCOC(C)(C)c1nc(=S)cc(C(C)C)[nH]1. The van der Waals surface area contributed by atoms with E-state index in [1.807, 2.05) is 26.8 Å². The Morgan fingerprint density at radius 2 is 2.12 bits per heavy atom. The Morgan fingerprint density at radius 3 is 2.62 bits per heavy atom. The minimum Gasteiger partial charge on any atom is -0.368 e. The second-order valence-electron chi connectivity index (χ2n) is 4.62. The molecule has 4 heteroatoms. The van der Waals surface area contributed by atoms with E-state index in [0.29, 0.717) is 17.2 Å². The quantitative estimate of drug-likeness (QED) is 0.818. The number of hydrogen-bond donors (Lipinski definition) is 1. The normalized spacial score (nSPS) is 12.1. The molecule has 0 radical (unpaired) electrons. The number of nitrogens with one attached hydrogen (secondary N) is 1. The summed E-state index contributed by atoms with van der Waals surface area (Å²) in [6, 6.07) is 1.91. The van der Waals surface area contributed by atoms with Gasteiger partial charge < -0.3 is 9.72 Å². The van der Waals surface area contributed by atoms with Crippen LogP contribution in [0.15, 0.2) is 6.07 Å². The largest absolute Gasteiger partial charge is 0.368 e. The van der Waals surface area contributed by atoms with Gasteiger partial charge in [0.15, 0.2) is 0 Å². The van der Waals surface area contributed by atoms with Crippen molar-refractivity contribution in [2.45, 2.75) is 46.1 Å². The van der Waals surface area contributed by atoms with Crippen LogP contribution in [0.2, 0.25) is 0 Å². The molecule has 16 heavy (non-hydrogen) atoms. The Morgan fingerprint density at radius 1 is 1.50 bits per heavy atom. The molecule has 0 amide bonds. The number of aromatic nitrogens is 2. The van der Waals surface area contributed by atoms with Crippen LogP contribution in [-0.2, 0) is 10.3 Å². The molecule has 0 saturated heterocycles. The molecule has 1 aromatic rings. The molecule has 3 nitrogen and oxygen atoms in total. The summed E-state index contributed by atoms with van der Waals surface area (Å²) in [6.07, 6.45) is 0. The second kappa shape index (κ2) is 5.06. The molecule has 90 valence electrons. The zero-order chi connectivity index (χ0) is 12.3. The van der Waals surface area contributed by atoms with Crippen molar-refractivity contribution in [1.29, 1.82) is 0 Å². The molecule has 0 aliphatic rings. The minimum atomic E-state index is -0.423. The van der Waals surface area contributed by atoms with Gasteiger partial charge >= 0.3 is 0 Å². The predicted octanol–water partition coefficient (Wildman–Crippen LogP) is 3.53. The van der Waals surface area contributed by atoms with E-state index < -0.39 is 5.60 Å². The highest BCUT2D eigenvalue weighted by Gasteiger charge is 2.23. The van der Waals surface area contributed by atoms with Gasteiger partial charge in [-0.15, -0.1) is 0 Å². The van der Waals surface area contributed by atoms with Crippen LogP contribution in [0.1, 0.15) is 52.1 Å². The lowest BCUT2D eigenvalue weighted by Crippen LogP contribution is -2.25. The fourth-order valence-corrected chi connectivity index (χ4v) is 1.72. The summed E-state index contributed by atoms with van der Waals surface area (Å²) >= 11 is 5.17. The Bertz CT molecular complexity index is 410. The Kier molecular flexibility index (Phi) is 4.21. The highest BCUT2D eigenvalue weighted by atomic mass is 32.1. The van der Waals surface area contributed by atoms with E-state index in [9.17, 15) is 0 Å². The number of aromatic amines is 1. The van der Waals surface area contributed by atoms with Crippen LogP contribution in [0.3, 0.4) is 0 Å². The molecule has 0 aliphatic heterocycles. The van der Waals surface area contributed by atoms with Crippen LogP contribution >= 0.6 is 12.2 Å². The molecular formula is C12H20N2OS. The zero-order valence-electron chi connectivity index (χ0n) is 10.6. The van der Waals surface area contributed by atoms with Gasteiger partial charge in [-0.25, -0.2) is 4.98 Å². The third-order valence-electron chi connectivity index (χ3n) is 2.46. The molecule has 0 atom stereocenters. The number of ether oxygens (including phenoxy) is 1. The average Bonchev–Trinajstić information content (AvgIpc) is 2.16. The van der Waals surface area contributed by atoms with Crippen molar-refractivity contribution < 1.29 is 4.74 Å². The summed E-state index contributed by atoms with van der Waals surface area (Å²) < 4.78 is 6.28. The first-order chi connectivity index (χ1) is 7.36. The van der Waals surface area contributed by atoms with E-state index in [4.69, 9.17) is 17.0 Å². The molecule has 0 aliphatic carbocycles. The number of hydrogen-bond acceptors (Lipinski definition) is 3. The fraction of sp³-hybridized carbons (Fsp3) is 0.667. The van der Waals surface area contributed by atoms with Crippen molar-refractivity contribution in [3.63, 3.8) is 0 Å². The van der Waals surface area contributed by atoms with Crippen molar-refractivity contribution >= 4 is 12.2 Å². The minimum absolute atomic E-state index is 0.404. The summed E-state index contributed by atoms with van der Waals surface area (Å²) in [5.74, 6) is 1.20. The van der Waals surface area contributed by atoms with Crippen LogP contribution in [0.5, 0.6) is 0 Å². The molecule has 0 bridgehead atoms. The third kappa shape index (κ3) is 3.12. The monoisotopic (exact) mass is 240 g/mol. The Hall–Kier alpha value is -0.740. The van der Waals surface area contributed by atoms with Crippen LogP contribution in [-0.4, -0.2) is 16.6 Å². The molecular weight excluding hydrogens is 220 g/mol. The molecule has 1 aromatic heterocycles. The first kappa shape index (κ1) is 13.3. The topological polar surface area (TPSA) is 37.9 Å². The highest BCUT2D eigenvalue weighted by Crippen LogP contribution is 2.22. The smallest absolute Gasteiger partial charge is 0.139 e. The third-order valence-corrected chi connectivity index (χ3v) is 2.67. The van der Waals surface area contributed by atoms with Gasteiger partial charge in [-0.1, -0.05) is 26.1 Å². The van der Waals surface area contributed by atoms with Gasteiger partial charge in [0.1, 0.15) is 16.1 Å². The predicted molar refractivity (Wildman–Crippen MR) is 68.2 cm³/mol. The van der Waals surface area contributed by atoms with E-state index in [-0.39, 0.29) is 0 Å². The summed E-state index contributed by atoms with van der Waals surface area (Å²) in [5.41, 5.74) is 0.676. The van der Waals surface area contributed by atoms with E-state index in [1.54, 1.807) is 0 Å². The maximum absolute atomic E-state index is 5.67. The molecule has 0 unspecified atom stereocenters. The first-order valence-corrected chi connectivity index (χ1v) is 6.03. The van der Waals surface area contributed by atoms with Gasteiger partial charge in [0, 0.05) is 12.3 Å². The molecule has 0 aromatic carbocycles. The van der Waals surface area contributed by atoms with Gasteiger partial charge in [-0.05, 0) is 32.8 Å². The standard InChI is InChI=1S/C12H20N2OS/c1-6-15-12(4,5)11-13-9(8(2)3)7-10(16)14-11/h7-8H,6H2,1-5H3,(H,13,14,16). The van der Waals surface area contributed by atoms with E-state index >= 15 is 0 Å². The Labute approximate surface area is 102 Å². The van der Waals surface area contributed by atoms with Crippen LogP contribution in [0.4, 0.5) is 0 Å². The Balaban J connectivity index is 3.19. The number of H-pyrrole nitrogens is 1. The highest BCUT2D eigenvalue weighted by molar-refractivity contribution is 7.71. The lowest BCUT2D eigenvalue weighted by atomic mass is 10.1. The van der Waals surface area contributed by atoms with Gasteiger partial charge in [-0.2, -0.15) is 0 Å². The number of nitrogens with zero attached hydrogens (tertiary/aromatic N) is 1. The summed E-state index contributed by atoms with van der Waals surface area (Å²) in [6.45, 7) is 10.9. The molecule has 1 rings (SSSR count). The first-order valence-electron chi connectivity index (χ1n) is 5.62. The lowest BCUT2D eigenvalue weighted by molar-refractivity contribution is -0.0210. The van der Waals surface area contributed by atoms with Crippen LogP contribution in [0.25, 0.3) is 0 Å². The molecule has 0 fully saturated rings. The number of rotatable bonds is 4. The fourth-order valence-electron chi connectivity index (χ4n) is 1.50. The van der Waals surface area contributed by atoms with Crippen molar-refractivity contribution in [2.24, 2.45) is 0 Å². The maximum atomic E-state index is 5.67. The van der Waals surface area contributed by atoms with Crippen molar-refractivity contribution in [2.75, 3.05) is 6.61 Å². The van der Waals surface area contributed by atoms with Crippen molar-refractivity contribution in [1.82, 2.24) is 9.97 Å².